The Bertz CT molecular complexity index is 821. The maximum absolute atomic E-state index is 12.5. The number of ether oxygens (including phenoxy) is 5. The molecule has 2 aliphatic rings. The highest BCUT2D eigenvalue weighted by Gasteiger charge is 2.56. The molecule has 2 saturated heterocycles. The SMILES string of the molecule is C=C=Cc1cc(=O)[nH]c(=O)n1[C@@H]1O[C@H](COCOC)[C@H]2OC(C)(C)O[C@H]21. The van der Waals surface area contributed by atoms with Gasteiger partial charge in [-0.2, -0.15) is 0 Å². The second-order valence-electron chi connectivity index (χ2n) is 6.49. The molecule has 142 valence electrons. The van der Waals surface area contributed by atoms with Gasteiger partial charge in [0.05, 0.1) is 12.3 Å². The van der Waals surface area contributed by atoms with Gasteiger partial charge in [0, 0.05) is 19.3 Å². The fourth-order valence-electron chi connectivity index (χ4n) is 3.25. The van der Waals surface area contributed by atoms with Crippen molar-refractivity contribution < 1.29 is 23.7 Å². The van der Waals surface area contributed by atoms with E-state index in [0.29, 0.717) is 5.69 Å². The van der Waals surface area contributed by atoms with E-state index in [2.05, 4.69) is 17.3 Å². The molecular weight excluding hydrogens is 344 g/mol. The van der Waals surface area contributed by atoms with Gasteiger partial charge < -0.3 is 23.7 Å². The highest BCUT2D eigenvalue weighted by Crippen LogP contribution is 2.43. The average molecular weight is 366 g/mol. The molecule has 4 atom stereocenters. The van der Waals surface area contributed by atoms with Crippen molar-refractivity contribution in [2.45, 2.75) is 44.2 Å². The van der Waals surface area contributed by atoms with Crippen molar-refractivity contribution in [3.05, 3.63) is 44.9 Å². The molecule has 26 heavy (non-hydrogen) atoms. The van der Waals surface area contributed by atoms with Crippen LogP contribution in [-0.4, -0.2) is 54.2 Å². The first-order valence-corrected chi connectivity index (χ1v) is 8.16. The maximum atomic E-state index is 12.5. The molecule has 1 aromatic rings. The molecule has 0 radical (unpaired) electrons. The number of nitrogens with zero attached hydrogens (tertiary/aromatic N) is 1. The van der Waals surface area contributed by atoms with Gasteiger partial charge in [-0.15, -0.1) is 5.73 Å². The van der Waals surface area contributed by atoms with Gasteiger partial charge in [0.2, 0.25) is 0 Å². The Morgan fingerprint density at radius 3 is 2.81 bits per heavy atom. The lowest BCUT2D eigenvalue weighted by atomic mass is 10.1. The molecule has 0 aromatic carbocycles. The van der Waals surface area contributed by atoms with Gasteiger partial charge in [-0.3, -0.25) is 14.3 Å². The van der Waals surface area contributed by atoms with Crippen LogP contribution in [0.3, 0.4) is 0 Å². The summed E-state index contributed by atoms with van der Waals surface area (Å²) >= 11 is 0. The second kappa shape index (κ2) is 7.32. The average Bonchev–Trinajstić information content (AvgIpc) is 3.02. The molecule has 3 heterocycles. The van der Waals surface area contributed by atoms with Crippen molar-refractivity contribution >= 4 is 6.08 Å². The molecule has 0 amide bonds. The number of fused-ring (bicyclic) bond motifs is 1. The van der Waals surface area contributed by atoms with Crippen LogP contribution in [0.25, 0.3) is 6.08 Å². The summed E-state index contributed by atoms with van der Waals surface area (Å²) in [5.74, 6) is -0.836. The number of nitrogens with one attached hydrogen (secondary N) is 1. The Kier molecular flexibility index (Phi) is 5.29. The van der Waals surface area contributed by atoms with Gasteiger partial charge in [0.15, 0.2) is 12.0 Å². The summed E-state index contributed by atoms with van der Waals surface area (Å²) in [7, 11) is 1.52. The van der Waals surface area contributed by atoms with Crippen LogP contribution in [0.15, 0.2) is 28.0 Å². The Labute approximate surface area is 149 Å². The summed E-state index contributed by atoms with van der Waals surface area (Å²) in [4.78, 5) is 26.3. The maximum Gasteiger partial charge on any atom is 0.331 e. The summed E-state index contributed by atoms with van der Waals surface area (Å²) in [6, 6.07) is 1.27. The molecule has 1 aromatic heterocycles. The van der Waals surface area contributed by atoms with Crippen LogP contribution in [0.4, 0.5) is 0 Å². The minimum atomic E-state index is -0.836. The van der Waals surface area contributed by atoms with E-state index in [9.17, 15) is 9.59 Å². The van der Waals surface area contributed by atoms with Gasteiger partial charge in [0.1, 0.15) is 25.1 Å². The molecular formula is C17H22N2O7. The third-order valence-electron chi connectivity index (χ3n) is 4.12. The Morgan fingerprint density at radius 1 is 1.38 bits per heavy atom. The van der Waals surface area contributed by atoms with Crippen molar-refractivity contribution in [2.24, 2.45) is 0 Å². The Hall–Kier alpha value is -2.00. The van der Waals surface area contributed by atoms with E-state index in [0.717, 1.165) is 0 Å². The molecule has 1 N–H and O–H groups in total. The number of aromatic amines is 1. The molecule has 2 fully saturated rings. The Morgan fingerprint density at radius 2 is 2.12 bits per heavy atom. The third-order valence-corrected chi connectivity index (χ3v) is 4.12. The minimum Gasteiger partial charge on any atom is -0.359 e. The smallest absolute Gasteiger partial charge is 0.331 e. The second-order valence-corrected chi connectivity index (χ2v) is 6.49. The first-order chi connectivity index (χ1) is 12.4. The number of aromatic nitrogens is 2. The first-order valence-electron chi connectivity index (χ1n) is 8.16. The van der Waals surface area contributed by atoms with Crippen molar-refractivity contribution in [3.8, 4) is 0 Å². The van der Waals surface area contributed by atoms with Gasteiger partial charge in [0.25, 0.3) is 5.56 Å². The van der Waals surface area contributed by atoms with E-state index >= 15 is 0 Å². The largest absolute Gasteiger partial charge is 0.359 e. The van der Waals surface area contributed by atoms with Gasteiger partial charge in [-0.1, -0.05) is 6.58 Å². The van der Waals surface area contributed by atoms with Crippen LogP contribution in [-0.2, 0) is 23.7 Å². The van der Waals surface area contributed by atoms with Crippen molar-refractivity contribution in [1.29, 1.82) is 0 Å². The fourth-order valence-corrected chi connectivity index (χ4v) is 3.25. The predicted molar refractivity (Wildman–Crippen MR) is 90.5 cm³/mol. The van der Waals surface area contributed by atoms with Gasteiger partial charge in [-0.05, 0) is 13.8 Å². The topological polar surface area (TPSA) is 101 Å². The number of hydrogen-bond donors (Lipinski definition) is 1. The zero-order valence-corrected chi connectivity index (χ0v) is 14.9. The van der Waals surface area contributed by atoms with Crippen LogP contribution in [0.5, 0.6) is 0 Å². The third kappa shape index (κ3) is 3.59. The van der Waals surface area contributed by atoms with E-state index in [1.54, 1.807) is 13.8 Å². The van der Waals surface area contributed by atoms with Crippen LogP contribution >= 0.6 is 0 Å². The molecule has 0 unspecified atom stereocenters. The van der Waals surface area contributed by atoms with Crippen LogP contribution < -0.4 is 11.2 Å². The molecule has 0 saturated carbocycles. The monoisotopic (exact) mass is 366 g/mol. The predicted octanol–water partition coefficient (Wildman–Crippen LogP) is 0.373. The number of H-pyrrole nitrogens is 1. The van der Waals surface area contributed by atoms with Crippen LogP contribution in [0.2, 0.25) is 0 Å². The lowest BCUT2D eigenvalue weighted by Crippen LogP contribution is -2.39. The molecule has 0 spiro atoms. The summed E-state index contributed by atoms with van der Waals surface area (Å²) in [5.41, 5.74) is 1.75. The lowest BCUT2D eigenvalue weighted by Gasteiger charge is -2.25. The quantitative estimate of drug-likeness (QED) is 0.441. The molecule has 0 aliphatic carbocycles. The van der Waals surface area contributed by atoms with Crippen molar-refractivity contribution in [3.63, 3.8) is 0 Å². The lowest BCUT2D eigenvalue weighted by molar-refractivity contribution is -0.205. The molecule has 2 aliphatic heterocycles. The van der Waals surface area contributed by atoms with Gasteiger partial charge in [-0.25, -0.2) is 4.79 Å². The highest BCUT2D eigenvalue weighted by molar-refractivity contribution is 5.43. The zero-order chi connectivity index (χ0) is 18.9. The summed E-state index contributed by atoms with van der Waals surface area (Å²) in [6.07, 6.45) is -0.832. The number of rotatable bonds is 6. The van der Waals surface area contributed by atoms with Crippen molar-refractivity contribution in [2.75, 3.05) is 20.5 Å². The summed E-state index contributed by atoms with van der Waals surface area (Å²) in [5, 5.41) is 0. The summed E-state index contributed by atoms with van der Waals surface area (Å²) in [6.45, 7) is 7.38. The van der Waals surface area contributed by atoms with E-state index in [4.69, 9.17) is 23.7 Å². The van der Waals surface area contributed by atoms with E-state index in [-0.39, 0.29) is 13.4 Å². The number of methoxy groups -OCH3 is 1. The molecule has 3 rings (SSSR count). The molecule has 0 bridgehead atoms. The van der Waals surface area contributed by atoms with Gasteiger partial charge >= 0.3 is 5.69 Å². The molecule has 9 heteroatoms. The standard InChI is InChI=1S/C17H22N2O7/c1-5-6-10-7-12(20)18-16(21)19(10)15-14-13(25-17(2,3)26-14)11(24-15)8-23-9-22-4/h6-7,11,13-15H,1,8-9H2,2-4H3,(H,18,20,21)/t11-,13-,14-,15-/m1/s1. The normalized spacial score (nSPS) is 29.3. The first kappa shape index (κ1) is 18.8. The van der Waals surface area contributed by atoms with E-state index < -0.39 is 41.6 Å². The molecule has 9 nitrogen and oxygen atoms in total. The summed E-state index contributed by atoms with van der Waals surface area (Å²) < 4.78 is 29.5. The highest BCUT2D eigenvalue weighted by atomic mass is 16.8. The van der Waals surface area contributed by atoms with E-state index in [1.807, 2.05) is 0 Å². The van der Waals surface area contributed by atoms with Crippen LogP contribution in [0.1, 0.15) is 25.8 Å². The fraction of sp³-hybridized carbons (Fsp3) is 0.588. The van der Waals surface area contributed by atoms with E-state index in [1.165, 1.54) is 23.8 Å². The van der Waals surface area contributed by atoms with Crippen LogP contribution in [0, 0.1) is 0 Å². The Balaban J connectivity index is 1.98. The number of hydrogen-bond acceptors (Lipinski definition) is 7. The zero-order valence-electron chi connectivity index (χ0n) is 14.9. The minimum absolute atomic E-state index is 0.106. The van der Waals surface area contributed by atoms with Crippen molar-refractivity contribution in [1.82, 2.24) is 9.55 Å².